The third-order valence-electron chi connectivity index (χ3n) is 6.34. The number of H-pyrrole nitrogens is 1. The van der Waals surface area contributed by atoms with Crippen LogP contribution in [-0.4, -0.2) is 40.8 Å². The highest BCUT2D eigenvalue weighted by Crippen LogP contribution is 2.41. The molecule has 0 unspecified atom stereocenters. The van der Waals surface area contributed by atoms with Crippen LogP contribution in [0.5, 0.6) is 0 Å². The molecule has 0 aromatic carbocycles. The number of aromatic nitrogens is 7. The Bertz CT molecular complexity index is 1340. The number of nitrogens with zero attached hydrogens (tertiary/aromatic N) is 6. The first kappa shape index (κ1) is 22.8. The van der Waals surface area contributed by atoms with Gasteiger partial charge in [-0.05, 0) is 57.4 Å². The van der Waals surface area contributed by atoms with Gasteiger partial charge in [0.1, 0.15) is 0 Å². The van der Waals surface area contributed by atoms with E-state index in [4.69, 9.17) is 4.98 Å². The van der Waals surface area contributed by atoms with Crippen LogP contribution in [0.4, 0.5) is 4.39 Å². The first-order valence-electron chi connectivity index (χ1n) is 11.7. The second-order valence-electron chi connectivity index (χ2n) is 9.28. The summed E-state index contributed by atoms with van der Waals surface area (Å²) in [5.74, 6) is 0.190. The second kappa shape index (κ2) is 9.36. The summed E-state index contributed by atoms with van der Waals surface area (Å²) >= 11 is 0. The number of hydrogen-bond acceptors (Lipinski definition) is 6. The summed E-state index contributed by atoms with van der Waals surface area (Å²) in [5, 5.41) is 14.2. The molecule has 4 aromatic heterocycles. The van der Waals surface area contributed by atoms with Crippen molar-refractivity contribution in [3.63, 3.8) is 0 Å². The molecule has 1 saturated carbocycles. The van der Waals surface area contributed by atoms with Crippen LogP contribution in [0.15, 0.2) is 43.0 Å². The Morgan fingerprint density at radius 2 is 2.00 bits per heavy atom. The van der Waals surface area contributed by atoms with E-state index < -0.39 is 5.82 Å². The molecule has 5 rings (SSSR count). The molecule has 0 bridgehead atoms. The van der Waals surface area contributed by atoms with Crippen molar-refractivity contribution < 1.29 is 9.18 Å². The van der Waals surface area contributed by atoms with Gasteiger partial charge in [-0.2, -0.15) is 10.2 Å². The van der Waals surface area contributed by atoms with Gasteiger partial charge in [-0.25, -0.2) is 14.1 Å². The van der Waals surface area contributed by atoms with E-state index in [1.54, 1.807) is 6.20 Å². The Hall–Kier alpha value is -3.95. The summed E-state index contributed by atoms with van der Waals surface area (Å²) in [6.45, 7) is 5.93. The Morgan fingerprint density at radius 1 is 1.17 bits per heavy atom. The summed E-state index contributed by atoms with van der Waals surface area (Å²) in [4.78, 5) is 26.3. The van der Waals surface area contributed by atoms with Gasteiger partial charge in [0.2, 0.25) is 5.91 Å². The number of hydrogen-bond donors (Lipinski definition) is 2. The minimum absolute atomic E-state index is 0.00801. The lowest BCUT2D eigenvalue weighted by molar-refractivity contribution is -0.128. The van der Waals surface area contributed by atoms with E-state index in [9.17, 15) is 9.18 Å². The quantitative estimate of drug-likeness (QED) is 0.424. The lowest BCUT2D eigenvalue weighted by Crippen LogP contribution is -2.39. The van der Waals surface area contributed by atoms with Crippen LogP contribution in [0.25, 0.3) is 5.82 Å². The molecule has 4 aromatic rings. The largest absolute Gasteiger partial charge is 0.348 e. The Balaban J connectivity index is 1.16. The zero-order chi connectivity index (χ0) is 24.5. The van der Waals surface area contributed by atoms with Crippen LogP contribution in [0.2, 0.25) is 0 Å². The van der Waals surface area contributed by atoms with Gasteiger partial charge in [0, 0.05) is 35.3 Å². The van der Waals surface area contributed by atoms with Crippen LogP contribution in [-0.2, 0) is 11.2 Å². The molecule has 1 aliphatic rings. The average Bonchev–Trinajstić information content (AvgIpc) is 3.40. The number of nitrogens with one attached hydrogen (secondary N) is 2. The molecule has 1 aliphatic carbocycles. The Morgan fingerprint density at radius 3 is 2.66 bits per heavy atom. The Kier molecular flexibility index (Phi) is 6.10. The fourth-order valence-corrected chi connectivity index (χ4v) is 4.40. The molecule has 1 atom stereocenters. The van der Waals surface area contributed by atoms with E-state index in [1.807, 2.05) is 19.9 Å². The summed E-state index contributed by atoms with van der Waals surface area (Å²) < 4.78 is 14.5. The molecule has 35 heavy (non-hydrogen) atoms. The van der Waals surface area contributed by atoms with Crippen molar-refractivity contribution in [2.45, 2.75) is 52.0 Å². The van der Waals surface area contributed by atoms with Crippen molar-refractivity contribution in [2.75, 3.05) is 0 Å². The van der Waals surface area contributed by atoms with E-state index in [2.05, 4.69) is 49.6 Å². The molecule has 1 fully saturated rings. The maximum absolute atomic E-state index is 13.2. The van der Waals surface area contributed by atoms with Crippen molar-refractivity contribution in [1.29, 1.82) is 0 Å². The standard InChI is InChI=1S/C25H27FN8O/c1-14-4-20(9-21-6-15(2)32-33-21)31-22(5-14)17-7-18(8-17)25(35)30-16(3)23-11-28-24(12-27-23)34-13-19(26)10-29-34/h4-6,10-13,16-18H,7-9H2,1-3H3,(H,30,35)(H,32,33)/t16-,17?,18?/m1/s1. The molecule has 4 heterocycles. The van der Waals surface area contributed by atoms with E-state index in [0.717, 1.165) is 41.8 Å². The van der Waals surface area contributed by atoms with Gasteiger partial charge < -0.3 is 5.32 Å². The number of aryl methyl sites for hydroxylation is 2. The van der Waals surface area contributed by atoms with E-state index in [1.165, 1.54) is 22.6 Å². The molecule has 10 heteroatoms. The van der Waals surface area contributed by atoms with Gasteiger partial charge >= 0.3 is 0 Å². The minimum atomic E-state index is -0.444. The first-order valence-corrected chi connectivity index (χ1v) is 11.7. The molecule has 9 nitrogen and oxygen atoms in total. The molecule has 2 N–H and O–H groups in total. The highest BCUT2D eigenvalue weighted by Gasteiger charge is 2.37. The van der Waals surface area contributed by atoms with Crippen molar-refractivity contribution in [3.05, 3.63) is 82.8 Å². The van der Waals surface area contributed by atoms with Gasteiger partial charge in [0.15, 0.2) is 11.6 Å². The van der Waals surface area contributed by atoms with Gasteiger partial charge in [0.05, 0.1) is 42.2 Å². The van der Waals surface area contributed by atoms with Gasteiger partial charge in [-0.15, -0.1) is 0 Å². The predicted octanol–water partition coefficient (Wildman–Crippen LogP) is 3.50. The zero-order valence-corrected chi connectivity index (χ0v) is 19.9. The Labute approximate surface area is 202 Å². The van der Waals surface area contributed by atoms with Gasteiger partial charge in [-0.3, -0.25) is 19.9 Å². The fourth-order valence-electron chi connectivity index (χ4n) is 4.40. The molecule has 1 amide bonds. The molecule has 0 saturated heterocycles. The van der Waals surface area contributed by atoms with E-state index >= 15 is 0 Å². The minimum Gasteiger partial charge on any atom is -0.348 e. The highest BCUT2D eigenvalue weighted by molar-refractivity contribution is 5.80. The maximum Gasteiger partial charge on any atom is 0.223 e. The molecular weight excluding hydrogens is 447 g/mol. The molecule has 180 valence electrons. The van der Waals surface area contributed by atoms with Gasteiger partial charge in [0.25, 0.3) is 0 Å². The van der Waals surface area contributed by atoms with Crippen molar-refractivity contribution >= 4 is 5.91 Å². The van der Waals surface area contributed by atoms with Crippen molar-refractivity contribution in [2.24, 2.45) is 5.92 Å². The lowest BCUT2D eigenvalue weighted by Gasteiger charge is -2.34. The number of aromatic amines is 1. The SMILES string of the molecule is Cc1cc(Cc2cc(C)[nH]n2)nc(C2CC(C(=O)N[C@H](C)c3cnc(-n4cc(F)cn4)cn3)C2)c1. The summed E-state index contributed by atoms with van der Waals surface area (Å²) in [6, 6.07) is 5.94. The lowest BCUT2D eigenvalue weighted by atomic mass is 9.72. The molecule has 0 aliphatic heterocycles. The fraction of sp³-hybridized carbons (Fsp3) is 0.360. The molecule has 0 radical (unpaired) electrons. The van der Waals surface area contributed by atoms with Crippen LogP contribution in [0.1, 0.15) is 65.8 Å². The van der Waals surface area contributed by atoms with Crippen LogP contribution in [0, 0.1) is 25.6 Å². The average molecular weight is 475 g/mol. The van der Waals surface area contributed by atoms with Crippen molar-refractivity contribution in [3.8, 4) is 5.82 Å². The molecular formula is C25H27FN8O. The number of carbonyl (C=O) groups is 1. The topological polar surface area (TPSA) is 114 Å². The number of halogens is 1. The highest BCUT2D eigenvalue weighted by atomic mass is 19.1. The van der Waals surface area contributed by atoms with Gasteiger partial charge in [-0.1, -0.05) is 0 Å². The van der Waals surface area contributed by atoms with E-state index in [-0.39, 0.29) is 23.8 Å². The monoisotopic (exact) mass is 474 g/mol. The third-order valence-corrected chi connectivity index (χ3v) is 6.34. The predicted molar refractivity (Wildman–Crippen MR) is 126 cm³/mol. The van der Waals surface area contributed by atoms with Crippen LogP contribution in [0.3, 0.4) is 0 Å². The normalized spacial score (nSPS) is 18.2. The van der Waals surface area contributed by atoms with Crippen LogP contribution < -0.4 is 5.32 Å². The summed E-state index contributed by atoms with van der Waals surface area (Å²) in [6.07, 6.45) is 7.64. The zero-order valence-electron chi connectivity index (χ0n) is 19.9. The third kappa shape index (κ3) is 5.11. The first-order chi connectivity index (χ1) is 16.8. The maximum atomic E-state index is 13.2. The number of carbonyl (C=O) groups excluding carboxylic acids is 1. The summed E-state index contributed by atoms with van der Waals surface area (Å²) in [7, 11) is 0. The molecule has 0 spiro atoms. The van der Waals surface area contributed by atoms with Crippen molar-refractivity contribution in [1.82, 2.24) is 40.2 Å². The van der Waals surface area contributed by atoms with Crippen LogP contribution >= 0.6 is 0 Å². The second-order valence-corrected chi connectivity index (χ2v) is 9.28. The van der Waals surface area contributed by atoms with E-state index in [0.29, 0.717) is 17.9 Å². The number of amides is 1. The number of pyridine rings is 1. The summed E-state index contributed by atoms with van der Waals surface area (Å²) in [5.41, 5.74) is 5.83. The number of rotatable bonds is 7. The smallest absolute Gasteiger partial charge is 0.223 e.